The first-order chi connectivity index (χ1) is 11.9. The zero-order valence-electron chi connectivity index (χ0n) is 18.6. The minimum atomic E-state index is 0.0502. The van der Waals surface area contributed by atoms with Crippen LogP contribution in [0.4, 0.5) is 0 Å². The summed E-state index contributed by atoms with van der Waals surface area (Å²) in [5, 5.41) is 0. The molecule has 154 valence electrons. The second kappa shape index (κ2) is 8.06. The van der Waals surface area contributed by atoms with Gasteiger partial charge >= 0.3 is 0 Å². The van der Waals surface area contributed by atoms with Crippen molar-refractivity contribution in [2.24, 2.45) is 22.2 Å². The predicted octanol–water partition coefficient (Wildman–Crippen LogP) is 5.05. The zero-order valence-corrected chi connectivity index (χ0v) is 18.6. The zero-order chi connectivity index (χ0) is 19.8. The van der Waals surface area contributed by atoms with Crippen molar-refractivity contribution >= 4 is 0 Å². The highest BCUT2D eigenvalue weighted by Crippen LogP contribution is 2.45. The lowest BCUT2D eigenvalue weighted by atomic mass is 9.68. The van der Waals surface area contributed by atoms with Gasteiger partial charge in [-0.2, -0.15) is 0 Å². The van der Waals surface area contributed by atoms with E-state index in [0.29, 0.717) is 25.9 Å². The molecule has 0 amide bonds. The average Bonchev–Trinajstić information content (AvgIpc) is 3.04. The van der Waals surface area contributed by atoms with E-state index in [0.717, 1.165) is 12.8 Å². The summed E-state index contributed by atoms with van der Waals surface area (Å²) in [5.74, 6) is 0.462. The van der Waals surface area contributed by atoms with Gasteiger partial charge in [0.05, 0.1) is 37.6 Å². The Bertz CT molecular complexity index is 436. The van der Waals surface area contributed by atoms with Gasteiger partial charge in [-0.3, -0.25) is 0 Å². The van der Waals surface area contributed by atoms with Crippen molar-refractivity contribution < 1.29 is 18.9 Å². The molecule has 0 aliphatic carbocycles. The summed E-state index contributed by atoms with van der Waals surface area (Å²) in [6, 6.07) is 0. The molecule has 0 bridgehead atoms. The van der Waals surface area contributed by atoms with E-state index in [1.54, 1.807) is 0 Å². The molecule has 0 saturated carbocycles. The SMILES string of the molecule is CC(C)C1OCCOC1C(C)(C)CCC(C)(C)C1OCOC1C(C)(C)C. The van der Waals surface area contributed by atoms with Gasteiger partial charge < -0.3 is 18.9 Å². The van der Waals surface area contributed by atoms with Gasteiger partial charge in [0.2, 0.25) is 0 Å². The van der Waals surface area contributed by atoms with Crippen LogP contribution < -0.4 is 0 Å². The molecule has 2 aliphatic rings. The van der Waals surface area contributed by atoms with Crippen molar-refractivity contribution in [1.29, 1.82) is 0 Å². The fourth-order valence-electron chi connectivity index (χ4n) is 4.38. The number of hydrogen-bond acceptors (Lipinski definition) is 4. The summed E-state index contributed by atoms with van der Waals surface area (Å²) in [6.45, 7) is 22.3. The molecule has 0 aromatic heterocycles. The van der Waals surface area contributed by atoms with Crippen LogP contribution in [-0.4, -0.2) is 44.4 Å². The van der Waals surface area contributed by atoms with Gasteiger partial charge in [0.15, 0.2) is 0 Å². The van der Waals surface area contributed by atoms with E-state index >= 15 is 0 Å². The molecule has 26 heavy (non-hydrogen) atoms. The molecule has 4 heteroatoms. The third-order valence-corrected chi connectivity index (χ3v) is 6.22. The molecule has 0 radical (unpaired) electrons. The molecule has 4 atom stereocenters. The second-order valence-electron chi connectivity index (χ2n) is 11.0. The summed E-state index contributed by atoms with van der Waals surface area (Å²) in [7, 11) is 0. The highest BCUT2D eigenvalue weighted by atomic mass is 16.7. The monoisotopic (exact) mass is 370 g/mol. The van der Waals surface area contributed by atoms with Crippen LogP contribution in [0.25, 0.3) is 0 Å². The standard InChI is InChI=1S/C22H42O4/c1-15(2)16-17(24-13-12-23-16)21(6,7)10-11-22(8,9)19-18(20(3,4)5)25-14-26-19/h15-19H,10-14H2,1-9H3. The lowest BCUT2D eigenvalue weighted by molar-refractivity contribution is -0.193. The van der Waals surface area contributed by atoms with Crippen molar-refractivity contribution in [1.82, 2.24) is 0 Å². The molecule has 0 aromatic rings. The lowest BCUT2D eigenvalue weighted by Crippen LogP contribution is -2.50. The van der Waals surface area contributed by atoms with Crippen LogP contribution in [-0.2, 0) is 18.9 Å². The van der Waals surface area contributed by atoms with Crippen LogP contribution in [0.2, 0.25) is 0 Å². The average molecular weight is 371 g/mol. The highest BCUT2D eigenvalue weighted by molar-refractivity contribution is 4.96. The number of rotatable bonds is 6. The molecule has 2 aliphatic heterocycles. The van der Waals surface area contributed by atoms with E-state index in [1.807, 2.05) is 0 Å². The maximum atomic E-state index is 6.20. The van der Waals surface area contributed by atoms with Crippen LogP contribution in [0, 0.1) is 22.2 Å². The Labute approximate surface area is 161 Å². The molecule has 2 rings (SSSR count). The molecule has 4 nitrogen and oxygen atoms in total. The molecular weight excluding hydrogens is 328 g/mol. The first-order valence-electron chi connectivity index (χ1n) is 10.3. The fourth-order valence-corrected chi connectivity index (χ4v) is 4.38. The van der Waals surface area contributed by atoms with Gasteiger partial charge in [0.25, 0.3) is 0 Å². The number of hydrogen-bond donors (Lipinski definition) is 0. The van der Waals surface area contributed by atoms with E-state index in [4.69, 9.17) is 18.9 Å². The second-order valence-corrected chi connectivity index (χ2v) is 11.0. The van der Waals surface area contributed by atoms with Crippen LogP contribution in [0.3, 0.4) is 0 Å². The highest BCUT2D eigenvalue weighted by Gasteiger charge is 2.48. The van der Waals surface area contributed by atoms with Crippen LogP contribution in [0.5, 0.6) is 0 Å². The summed E-state index contributed by atoms with van der Waals surface area (Å²) < 4.78 is 24.3. The molecule has 0 spiro atoms. The van der Waals surface area contributed by atoms with Gasteiger partial charge in [-0.25, -0.2) is 0 Å². The molecule has 0 aromatic carbocycles. The van der Waals surface area contributed by atoms with Gasteiger partial charge in [0.1, 0.15) is 6.79 Å². The first-order valence-corrected chi connectivity index (χ1v) is 10.3. The van der Waals surface area contributed by atoms with Crippen molar-refractivity contribution in [3.05, 3.63) is 0 Å². The van der Waals surface area contributed by atoms with Gasteiger partial charge in [-0.05, 0) is 35.0 Å². The third-order valence-electron chi connectivity index (χ3n) is 6.22. The van der Waals surface area contributed by atoms with Gasteiger partial charge in [0, 0.05) is 0 Å². The minimum Gasteiger partial charge on any atom is -0.373 e. The molecular formula is C22H42O4. The maximum absolute atomic E-state index is 6.20. The Morgan fingerprint density at radius 3 is 1.73 bits per heavy atom. The van der Waals surface area contributed by atoms with Gasteiger partial charge in [-0.15, -0.1) is 0 Å². The van der Waals surface area contributed by atoms with E-state index in [2.05, 4.69) is 62.3 Å². The number of ether oxygens (including phenoxy) is 4. The summed E-state index contributed by atoms with van der Waals surface area (Å²) >= 11 is 0. The van der Waals surface area contributed by atoms with Gasteiger partial charge in [-0.1, -0.05) is 62.3 Å². The van der Waals surface area contributed by atoms with Crippen molar-refractivity contribution in [2.45, 2.75) is 99.6 Å². The fraction of sp³-hybridized carbons (Fsp3) is 1.00. The smallest absolute Gasteiger partial charge is 0.147 e. The Morgan fingerprint density at radius 2 is 1.19 bits per heavy atom. The molecule has 2 heterocycles. The van der Waals surface area contributed by atoms with Crippen molar-refractivity contribution in [2.75, 3.05) is 20.0 Å². The predicted molar refractivity (Wildman–Crippen MR) is 105 cm³/mol. The van der Waals surface area contributed by atoms with E-state index in [1.165, 1.54) is 0 Å². The third kappa shape index (κ3) is 5.01. The maximum Gasteiger partial charge on any atom is 0.147 e. The van der Waals surface area contributed by atoms with E-state index < -0.39 is 0 Å². The summed E-state index contributed by atoms with van der Waals surface area (Å²) in [6.07, 6.45) is 2.74. The minimum absolute atomic E-state index is 0.0502. The van der Waals surface area contributed by atoms with Crippen LogP contribution >= 0.6 is 0 Å². The quantitative estimate of drug-likeness (QED) is 0.656. The topological polar surface area (TPSA) is 36.9 Å². The Hall–Kier alpha value is -0.160. The van der Waals surface area contributed by atoms with Crippen molar-refractivity contribution in [3.8, 4) is 0 Å². The molecule has 2 fully saturated rings. The van der Waals surface area contributed by atoms with Crippen LogP contribution in [0.15, 0.2) is 0 Å². The largest absolute Gasteiger partial charge is 0.373 e. The Morgan fingerprint density at radius 1 is 0.692 bits per heavy atom. The van der Waals surface area contributed by atoms with Crippen molar-refractivity contribution in [3.63, 3.8) is 0 Å². The van der Waals surface area contributed by atoms with E-state index in [9.17, 15) is 0 Å². The lowest BCUT2D eigenvalue weighted by Gasteiger charge is -2.45. The Kier molecular flexibility index (Phi) is 6.86. The summed E-state index contributed by atoms with van der Waals surface area (Å²) in [5.41, 5.74) is 0.189. The van der Waals surface area contributed by atoms with Crippen LogP contribution in [0.1, 0.15) is 75.2 Å². The Balaban J connectivity index is 2.05. The molecule has 0 N–H and O–H groups in total. The molecule has 2 saturated heterocycles. The summed E-state index contributed by atoms with van der Waals surface area (Å²) in [4.78, 5) is 0. The van der Waals surface area contributed by atoms with E-state index in [-0.39, 0.29) is 40.7 Å². The normalized spacial score (nSPS) is 31.6. The molecule has 4 unspecified atom stereocenters. The first kappa shape index (κ1) is 22.1.